The lowest BCUT2D eigenvalue weighted by Gasteiger charge is -2.25. The second kappa shape index (κ2) is 10.6. The summed E-state index contributed by atoms with van der Waals surface area (Å²) < 4.78 is 43.4. The standard InChI is InChI=1S/C25H25N3O7S/c1-28(18-12-13-20-22(15-18)35-16-34-20)24(29)19(14-17-8-4-3-5-9-17)26-25(30)27-36(31,32)23-11-7-6-10-21(23)33-2/h3-13,15,19H,14,16H2,1-2H3,(H2,26,27,30)/t19-/m0/s1. The molecule has 3 aromatic rings. The van der Waals surface area contributed by atoms with Gasteiger partial charge in [-0.3, -0.25) is 4.79 Å². The summed E-state index contributed by atoms with van der Waals surface area (Å²) in [5.74, 6) is 0.694. The number of likely N-dealkylation sites (N-methyl/N-ethyl adjacent to an activating group) is 1. The number of methoxy groups -OCH3 is 1. The molecule has 0 saturated heterocycles. The van der Waals surface area contributed by atoms with E-state index in [1.807, 2.05) is 35.1 Å². The molecular formula is C25H25N3O7S. The largest absolute Gasteiger partial charge is 0.495 e. The number of nitrogens with one attached hydrogen (secondary N) is 2. The average Bonchev–Trinajstić information content (AvgIpc) is 3.35. The minimum absolute atomic E-state index is 0.0808. The third-order valence-corrected chi connectivity index (χ3v) is 6.92. The zero-order chi connectivity index (χ0) is 25.7. The minimum Gasteiger partial charge on any atom is -0.495 e. The van der Waals surface area contributed by atoms with E-state index >= 15 is 0 Å². The lowest BCUT2D eigenvalue weighted by molar-refractivity contribution is -0.120. The van der Waals surface area contributed by atoms with Crippen LogP contribution in [-0.2, 0) is 21.2 Å². The summed E-state index contributed by atoms with van der Waals surface area (Å²) in [7, 11) is -1.38. The molecule has 3 aromatic carbocycles. The van der Waals surface area contributed by atoms with Gasteiger partial charge < -0.3 is 24.4 Å². The lowest BCUT2D eigenvalue weighted by Crippen LogP contribution is -2.52. The fourth-order valence-corrected chi connectivity index (χ4v) is 4.80. The van der Waals surface area contributed by atoms with Crippen LogP contribution in [0.4, 0.5) is 10.5 Å². The SMILES string of the molecule is COc1ccccc1S(=O)(=O)NC(=O)N[C@@H](Cc1ccccc1)C(=O)N(C)c1ccc2c(c1)OCO2. The van der Waals surface area contributed by atoms with Crippen LogP contribution in [0.1, 0.15) is 5.56 Å². The maximum Gasteiger partial charge on any atom is 0.329 e. The maximum absolute atomic E-state index is 13.5. The number of anilines is 1. The van der Waals surface area contributed by atoms with Crippen LogP contribution >= 0.6 is 0 Å². The molecule has 1 aliphatic rings. The van der Waals surface area contributed by atoms with Gasteiger partial charge >= 0.3 is 6.03 Å². The Hall–Kier alpha value is -4.25. The average molecular weight is 512 g/mol. The molecule has 1 aliphatic heterocycles. The molecule has 188 valence electrons. The monoisotopic (exact) mass is 511 g/mol. The van der Waals surface area contributed by atoms with Crippen LogP contribution in [0.25, 0.3) is 0 Å². The summed E-state index contributed by atoms with van der Waals surface area (Å²) >= 11 is 0. The fourth-order valence-electron chi connectivity index (χ4n) is 3.71. The molecule has 3 amide bonds. The molecule has 2 N–H and O–H groups in total. The molecule has 1 heterocycles. The number of carbonyl (C=O) groups is 2. The maximum atomic E-state index is 13.5. The smallest absolute Gasteiger partial charge is 0.329 e. The van der Waals surface area contributed by atoms with Crippen LogP contribution in [0.3, 0.4) is 0 Å². The highest BCUT2D eigenvalue weighted by Crippen LogP contribution is 2.35. The second-order valence-corrected chi connectivity index (χ2v) is 9.56. The number of hydrogen-bond donors (Lipinski definition) is 2. The van der Waals surface area contributed by atoms with Gasteiger partial charge in [-0.05, 0) is 29.8 Å². The Balaban J connectivity index is 1.55. The Morgan fingerprint density at radius 1 is 1.00 bits per heavy atom. The van der Waals surface area contributed by atoms with Crippen LogP contribution in [0, 0.1) is 0 Å². The molecule has 0 bridgehead atoms. The summed E-state index contributed by atoms with van der Waals surface area (Å²) in [4.78, 5) is 27.4. The van der Waals surface area contributed by atoms with E-state index in [4.69, 9.17) is 14.2 Å². The number of ether oxygens (including phenoxy) is 3. The predicted molar refractivity (Wildman–Crippen MR) is 132 cm³/mol. The van der Waals surface area contributed by atoms with Crippen molar-refractivity contribution in [1.82, 2.24) is 10.0 Å². The molecule has 10 nitrogen and oxygen atoms in total. The molecule has 1 atom stereocenters. The summed E-state index contributed by atoms with van der Waals surface area (Å²) in [5, 5.41) is 2.51. The van der Waals surface area contributed by atoms with Gasteiger partial charge in [0.1, 0.15) is 16.7 Å². The van der Waals surface area contributed by atoms with E-state index in [1.165, 1.54) is 30.2 Å². The molecule has 4 rings (SSSR count). The van der Waals surface area contributed by atoms with Gasteiger partial charge in [0.2, 0.25) is 12.7 Å². The third-order valence-electron chi connectivity index (χ3n) is 5.55. The van der Waals surface area contributed by atoms with E-state index in [1.54, 1.807) is 31.3 Å². The van der Waals surface area contributed by atoms with E-state index < -0.39 is 28.0 Å². The topological polar surface area (TPSA) is 123 Å². The molecule has 36 heavy (non-hydrogen) atoms. The van der Waals surface area contributed by atoms with Crippen molar-refractivity contribution in [3.05, 3.63) is 78.4 Å². The highest BCUT2D eigenvalue weighted by Gasteiger charge is 2.29. The van der Waals surface area contributed by atoms with Gasteiger partial charge in [0.15, 0.2) is 11.5 Å². The van der Waals surface area contributed by atoms with Crippen molar-refractivity contribution in [3.8, 4) is 17.2 Å². The highest BCUT2D eigenvalue weighted by molar-refractivity contribution is 7.90. The van der Waals surface area contributed by atoms with Gasteiger partial charge in [-0.25, -0.2) is 17.9 Å². The fraction of sp³-hybridized carbons (Fsp3) is 0.200. The summed E-state index contributed by atoms with van der Waals surface area (Å²) in [6.07, 6.45) is 0.136. The number of amides is 3. The first-order valence-electron chi connectivity index (χ1n) is 11.0. The molecule has 0 unspecified atom stereocenters. The molecular weight excluding hydrogens is 486 g/mol. The Bertz CT molecular complexity index is 1360. The van der Waals surface area contributed by atoms with E-state index in [2.05, 4.69) is 5.32 Å². The number of sulfonamides is 1. The van der Waals surface area contributed by atoms with E-state index in [0.29, 0.717) is 17.2 Å². The van der Waals surface area contributed by atoms with Gasteiger partial charge in [0.25, 0.3) is 10.0 Å². The van der Waals surface area contributed by atoms with Gasteiger partial charge in [-0.1, -0.05) is 42.5 Å². The van der Waals surface area contributed by atoms with Crippen LogP contribution in [0.2, 0.25) is 0 Å². The van der Waals surface area contributed by atoms with E-state index in [0.717, 1.165) is 5.56 Å². The van der Waals surface area contributed by atoms with Gasteiger partial charge in [0.05, 0.1) is 7.11 Å². The number of para-hydroxylation sites is 1. The van der Waals surface area contributed by atoms with E-state index in [9.17, 15) is 18.0 Å². The first-order valence-corrected chi connectivity index (χ1v) is 12.4. The first-order chi connectivity index (χ1) is 17.3. The number of fused-ring (bicyclic) bond motifs is 1. The number of nitrogens with zero attached hydrogens (tertiary/aromatic N) is 1. The van der Waals surface area contributed by atoms with Crippen molar-refractivity contribution >= 4 is 27.6 Å². The van der Waals surface area contributed by atoms with Gasteiger partial charge in [0, 0.05) is 25.2 Å². The predicted octanol–water partition coefficient (Wildman–Crippen LogP) is 2.69. The quantitative estimate of drug-likeness (QED) is 0.477. The number of carbonyl (C=O) groups excluding carboxylic acids is 2. The summed E-state index contributed by atoms with van der Waals surface area (Å²) in [5.41, 5.74) is 1.30. The van der Waals surface area contributed by atoms with Gasteiger partial charge in [-0.2, -0.15) is 0 Å². The van der Waals surface area contributed by atoms with Crippen molar-refractivity contribution in [2.24, 2.45) is 0 Å². The molecule has 0 saturated carbocycles. The number of benzene rings is 3. The molecule has 0 spiro atoms. The van der Waals surface area contributed by atoms with Crippen molar-refractivity contribution < 1.29 is 32.2 Å². The highest BCUT2D eigenvalue weighted by atomic mass is 32.2. The molecule has 0 radical (unpaired) electrons. The summed E-state index contributed by atoms with van der Waals surface area (Å²) in [6.45, 7) is 0.0927. The minimum atomic E-state index is -4.27. The van der Waals surface area contributed by atoms with Crippen molar-refractivity contribution in [2.45, 2.75) is 17.4 Å². The first kappa shape index (κ1) is 24.9. The third kappa shape index (κ3) is 5.52. The van der Waals surface area contributed by atoms with Gasteiger partial charge in [-0.15, -0.1) is 0 Å². The molecule has 0 fully saturated rings. The Morgan fingerprint density at radius 2 is 1.69 bits per heavy atom. The number of rotatable bonds is 8. The second-order valence-electron chi connectivity index (χ2n) is 7.91. The molecule has 0 aromatic heterocycles. The van der Waals surface area contributed by atoms with Crippen molar-refractivity contribution in [2.75, 3.05) is 25.9 Å². The van der Waals surface area contributed by atoms with Crippen LogP contribution < -0.4 is 29.1 Å². The van der Waals surface area contributed by atoms with Crippen LogP contribution in [-0.4, -0.2) is 47.3 Å². The summed E-state index contributed by atoms with van der Waals surface area (Å²) in [6, 6.07) is 17.9. The Kier molecular flexibility index (Phi) is 7.30. The number of hydrogen-bond acceptors (Lipinski definition) is 7. The van der Waals surface area contributed by atoms with Crippen LogP contribution in [0.15, 0.2) is 77.7 Å². The van der Waals surface area contributed by atoms with Crippen molar-refractivity contribution in [3.63, 3.8) is 0 Å². The molecule has 0 aliphatic carbocycles. The Morgan fingerprint density at radius 3 is 2.44 bits per heavy atom. The zero-order valence-electron chi connectivity index (χ0n) is 19.6. The van der Waals surface area contributed by atoms with E-state index in [-0.39, 0.29) is 23.9 Å². The lowest BCUT2D eigenvalue weighted by atomic mass is 10.0. The zero-order valence-corrected chi connectivity index (χ0v) is 20.4. The normalized spacial score (nSPS) is 12.9. The molecule has 11 heteroatoms. The van der Waals surface area contributed by atoms with Crippen LogP contribution in [0.5, 0.6) is 17.2 Å². The number of urea groups is 1. The van der Waals surface area contributed by atoms with Crippen molar-refractivity contribution in [1.29, 1.82) is 0 Å². The Labute approximate surface area is 208 Å².